The topological polar surface area (TPSA) is 107 Å². The third kappa shape index (κ3) is 4.48. The Morgan fingerprint density at radius 1 is 0.900 bits per heavy atom. The second-order valence-electron chi connectivity index (χ2n) is 9.39. The van der Waals surface area contributed by atoms with Crippen molar-refractivity contribution in [3.05, 3.63) is 113 Å². The highest BCUT2D eigenvalue weighted by molar-refractivity contribution is 9.10. The second kappa shape index (κ2) is 10.0. The lowest BCUT2D eigenvalue weighted by molar-refractivity contribution is 0.0994. The van der Waals surface area contributed by atoms with E-state index >= 15 is 0 Å². The summed E-state index contributed by atoms with van der Waals surface area (Å²) in [6.45, 7) is 3.81. The minimum atomic E-state index is -4.18. The number of furan rings is 1. The molecule has 1 N–H and O–H groups in total. The highest BCUT2D eigenvalue weighted by Gasteiger charge is 2.34. The quantitative estimate of drug-likeness (QED) is 0.218. The Morgan fingerprint density at radius 3 is 2.20 bits per heavy atom. The number of aryl methyl sites for hydroxylation is 1. The van der Waals surface area contributed by atoms with Crippen molar-refractivity contribution in [2.75, 3.05) is 5.32 Å². The van der Waals surface area contributed by atoms with Gasteiger partial charge in [-0.05, 0) is 71.7 Å². The third-order valence-corrected chi connectivity index (χ3v) is 8.99. The summed E-state index contributed by atoms with van der Waals surface area (Å²) in [5, 5.41) is 2.84. The number of nitrogens with one attached hydrogen (secondary N) is 1. The van der Waals surface area contributed by atoms with Crippen LogP contribution in [0.1, 0.15) is 34.6 Å². The summed E-state index contributed by atoms with van der Waals surface area (Å²) in [6, 6.07) is 26.1. The highest BCUT2D eigenvalue weighted by atomic mass is 79.9. The number of para-hydroxylation sites is 2. The number of fused-ring (bicyclic) bond motifs is 2. The number of hydrogen-bond acceptors (Lipinski definition) is 6. The number of amides is 1. The van der Waals surface area contributed by atoms with Crippen molar-refractivity contribution in [2.45, 2.75) is 29.7 Å². The predicted molar refractivity (Wildman–Crippen MR) is 156 cm³/mol. The maximum atomic E-state index is 14.3. The Morgan fingerprint density at radius 2 is 1.55 bits per heavy atom. The minimum absolute atomic E-state index is 0.0146. The van der Waals surface area contributed by atoms with E-state index in [1.165, 1.54) is 6.07 Å². The van der Waals surface area contributed by atoms with E-state index in [-0.39, 0.29) is 26.9 Å². The highest BCUT2D eigenvalue weighted by Crippen LogP contribution is 2.40. The predicted octanol–water partition coefficient (Wildman–Crippen LogP) is 6.94. The standard InChI is InChI=1S/C30H23BrN4O4S/c1-18-12-14-21(15-13-18)40(37,38)27-26-28(33-23-11-7-6-10-22(23)32-26)35(19(2)20-8-4-3-5-9-20)29(27)34-30(36)24-16-17-25(31)39-24/h3-17,19H,1-2H3,(H,34,36). The maximum absolute atomic E-state index is 14.3. The number of nitrogens with zero attached hydrogens (tertiary/aromatic N) is 3. The van der Waals surface area contributed by atoms with Gasteiger partial charge < -0.3 is 14.3 Å². The molecule has 0 bridgehead atoms. The summed E-state index contributed by atoms with van der Waals surface area (Å²) in [6.07, 6.45) is 0. The zero-order valence-electron chi connectivity index (χ0n) is 21.5. The fraction of sp³-hybridized carbons (Fsp3) is 0.100. The average molecular weight is 616 g/mol. The zero-order valence-corrected chi connectivity index (χ0v) is 23.9. The largest absolute Gasteiger partial charge is 0.444 e. The van der Waals surface area contributed by atoms with E-state index in [0.717, 1.165) is 11.1 Å². The molecular formula is C30H23BrN4O4S. The molecule has 0 saturated carbocycles. The van der Waals surface area contributed by atoms with Crippen LogP contribution in [0.15, 0.2) is 110 Å². The molecule has 0 radical (unpaired) electrons. The van der Waals surface area contributed by atoms with E-state index in [2.05, 4.69) is 21.2 Å². The first-order valence-electron chi connectivity index (χ1n) is 12.5. The maximum Gasteiger partial charge on any atom is 0.292 e. The molecule has 0 aliphatic carbocycles. The summed E-state index contributed by atoms with van der Waals surface area (Å²) in [7, 11) is -4.18. The Kier molecular flexibility index (Phi) is 6.52. The van der Waals surface area contributed by atoms with Gasteiger partial charge >= 0.3 is 0 Å². The molecule has 6 rings (SSSR count). The second-order valence-corrected chi connectivity index (χ2v) is 12.1. The van der Waals surface area contributed by atoms with Gasteiger partial charge in [0.25, 0.3) is 5.91 Å². The monoisotopic (exact) mass is 614 g/mol. The molecule has 1 amide bonds. The molecule has 0 spiro atoms. The summed E-state index contributed by atoms with van der Waals surface area (Å²) in [5.41, 5.74) is 3.44. The number of carbonyl (C=O) groups excluding carboxylic acids is 1. The molecule has 40 heavy (non-hydrogen) atoms. The van der Waals surface area contributed by atoms with Crippen LogP contribution >= 0.6 is 15.9 Å². The van der Waals surface area contributed by atoms with Crippen LogP contribution in [0.25, 0.3) is 22.2 Å². The van der Waals surface area contributed by atoms with Gasteiger partial charge in [0.2, 0.25) is 9.84 Å². The third-order valence-electron chi connectivity index (χ3n) is 6.75. The Labute approximate surface area is 238 Å². The number of carbonyl (C=O) groups is 1. The van der Waals surface area contributed by atoms with E-state index in [4.69, 9.17) is 14.4 Å². The molecule has 0 aliphatic rings. The van der Waals surface area contributed by atoms with Gasteiger partial charge in [0.15, 0.2) is 16.1 Å². The Hall–Kier alpha value is -4.28. The van der Waals surface area contributed by atoms with Crippen molar-refractivity contribution in [3.63, 3.8) is 0 Å². The van der Waals surface area contributed by atoms with E-state index in [1.807, 2.05) is 62.4 Å². The minimum Gasteiger partial charge on any atom is -0.444 e. The number of anilines is 1. The number of rotatable bonds is 6. The van der Waals surface area contributed by atoms with Crippen molar-refractivity contribution in [1.29, 1.82) is 0 Å². The fourth-order valence-electron chi connectivity index (χ4n) is 4.71. The SMILES string of the molecule is Cc1ccc(S(=O)(=O)c2c(NC(=O)c3ccc(Br)o3)n(C(C)c3ccccc3)c3nc4ccccc4nc23)cc1. The lowest BCUT2D eigenvalue weighted by Crippen LogP contribution is -2.19. The number of halogens is 1. The van der Waals surface area contributed by atoms with Crippen molar-refractivity contribution >= 4 is 59.7 Å². The van der Waals surface area contributed by atoms with Crippen LogP contribution in [-0.4, -0.2) is 28.9 Å². The molecule has 0 saturated heterocycles. The molecule has 1 unspecified atom stereocenters. The van der Waals surface area contributed by atoms with Crippen LogP contribution in [-0.2, 0) is 9.84 Å². The summed E-state index contributed by atoms with van der Waals surface area (Å²) < 4.78 is 36.3. The molecular weight excluding hydrogens is 592 g/mol. The normalized spacial score (nSPS) is 12.6. The van der Waals surface area contributed by atoms with E-state index in [0.29, 0.717) is 21.4 Å². The average Bonchev–Trinajstić information content (AvgIpc) is 3.53. The number of aromatic nitrogens is 3. The summed E-state index contributed by atoms with van der Waals surface area (Å²) >= 11 is 3.22. The van der Waals surface area contributed by atoms with E-state index in [1.54, 1.807) is 41.0 Å². The fourth-order valence-corrected chi connectivity index (χ4v) is 6.54. The van der Waals surface area contributed by atoms with Gasteiger partial charge in [0.1, 0.15) is 16.2 Å². The molecule has 6 aromatic rings. The van der Waals surface area contributed by atoms with E-state index in [9.17, 15) is 13.2 Å². The van der Waals surface area contributed by atoms with Crippen molar-refractivity contribution < 1.29 is 17.6 Å². The lowest BCUT2D eigenvalue weighted by Gasteiger charge is -2.19. The molecule has 1 atom stereocenters. The molecule has 3 aromatic heterocycles. The van der Waals surface area contributed by atoms with Crippen molar-refractivity contribution in [1.82, 2.24) is 14.5 Å². The summed E-state index contributed by atoms with van der Waals surface area (Å²) in [4.78, 5) is 23.0. The first-order valence-corrected chi connectivity index (χ1v) is 14.8. The summed E-state index contributed by atoms with van der Waals surface area (Å²) in [5.74, 6) is -0.541. The smallest absolute Gasteiger partial charge is 0.292 e. The first kappa shape index (κ1) is 26.0. The van der Waals surface area contributed by atoms with Gasteiger partial charge in [0.05, 0.1) is 22.0 Å². The van der Waals surface area contributed by atoms with Crippen LogP contribution in [0.2, 0.25) is 0 Å². The van der Waals surface area contributed by atoms with Gasteiger partial charge in [0, 0.05) is 0 Å². The van der Waals surface area contributed by atoms with Gasteiger partial charge in [-0.15, -0.1) is 0 Å². The van der Waals surface area contributed by atoms with Gasteiger partial charge in [-0.2, -0.15) is 0 Å². The van der Waals surface area contributed by atoms with Crippen LogP contribution in [0.4, 0.5) is 5.82 Å². The molecule has 0 aliphatic heterocycles. The number of hydrogen-bond donors (Lipinski definition) is 1. The number of benzene rings is 3. The molecule has 3 aromatic carbocycles. The van der Waals surface area contributed by atoms with Crippen LogP contribution in [0, 0.1) is 6.92 Å². The van der Waals surface area contributed by atoms with Crippen molar-refractivity contribution in [2.24, 2.45) is 0 Å². The molecule has 0 fully saturated rings. The molecule has 10 heteroatoms. The molecule has 8 nitrogen and oxygen atoms in total. The van der Waals surface area contributed by atoms with Crippen LogP contribution in [0.5, 0.6) is 0 Å². The number of sulfone groups is 1. The lowest BCUT2D eigenvalue weighted by atomic mass is 10.1. The van der Waals surface area contributed by atoms with Crippen molar-refractivity contribution in [3.8, 4) is 0 Å². The van der Waals surface area contributed by atoms with Crippen LogP contribution < -0.4 is 5.32 Å². The first-order chi connectivity index (χ1) is 19.2. The molecule has 3 heterocycles. The van der Waals surface area contributed by atoms with E-state index < -0.39 is 21.8 Å². The Balaban J connectivity index is 1.70. The molecule has 200 valence electrons. The van der Waals surface area contributed by atoms with Gasteiger partial charge in [-0.25, -0.2) is 18.4 Å². The Bertz CT molecular complexity index is 2000. The van der Waals surface area contributed by atoms with Gasteiger partial charge in [-0.3, -0.25) is 4.79 Å². The zero-order chi connectivity index (χ0) is 28.0. The van der Waals surface area contributed by atoms with Gasteiger partial charge in [-0.1, -0.05) is 60.2 Å². The van der Waals surface area contributed by atoms with Crippen LogP contribution in [0.3, 0.4) is 0 Å².